The van der Waals surface area contributed by atoms with Crippen molar-refractivity contribution in [2.45, 2.75) is 0 Å². The summed E-state index contributed by atoms with van der Waals surface area (Å²) in [6, 6.07) is 17.3. The minimum Gasteiger partial charge on any atom is -0.339 e. The zero-order valence-electron chi connectivity index (χ0n) is 9.96. The first kappa shape index (κ1) is 10.2. The van der Waals surface area contributed by atoms with Gasteiger partial charge in [-0.15, -0.1) is 0 Å². The van der Waals surface area contributed by atoms with Crippen LogP contribution in [0.1, 0.15) is 0 Å². The van der Waals surface area contributed by atoms with Gasteiger partial charge in [0.25, 0.3) is 0 Å². The number of benzene rings is 2. The predicted octanol–water partition coefficient (Wildman–Crippen LogP) is 3.07. The Kier molecular flexibility index (Phi) is 1.94. The number of hydrogen-bond donors (Lipinski definition) is 1. The normalized spacial score (nSPS) is 11.4. The van der Waals surface area contributed by atoms with Gasteiger partial charge in [0.1, 0.15) is 5.82 Å². The molecule has 1 N–H and O–H groups in total. The van der Waals surface area contributed by atoms with Crippen molar-refractivity contribution in [1.82, 2.24) is 9.72 Å². The second-order valence-corrected chi connectivity index (χ2v) is 4.43. The van der Waals surface area contributed by atoms with Crippen LogP contribution in [0.3, 0.4) is 0 Å². The molecule has 0 bridgehead atoms. The zero-order valence-corrected chi connectivity index (χ0v) is 9.96. The summed E-state index contributed by atoms with van der Waals surface area (Å²) in [5, 5.41) is 1.67. The Morgan fingerprint density at radius 2 is 1.79 bits per heavy atom. The maximum Gasteiger partial charge on any atom is 0.365 e. The fourth-order valence-electron chi connectivity index (χ4n) is 2.35. The second kappa shape index (κ2) is 3.62. The fourth-order valence-corrected chi connectivity index (χ4v) is 2.35. The van der Waals surface area contributed by atoms with Gasteiger partial charge in [0.2, 0.25) is 0 Å². The Balaban J connectivity index is 2.06. The van der Waals surface area contributed by atoms with Crippen molar-refractivity contribution in [3.8, 4) is 5.82 Å². The average Bonchev–Trinajstić information content (AvgIpc) is 3.01. The van der Waals surface area contributed by atoms with Gasteiger partial charge in [-0.05, 0) is 24.3 Å². The highest BCUT2D eigenvalue weighted by Gasteiger charge is 2.11. The molecule has 0 atom stereocenters. The standard InChI is InChI=1S/C15H10N2O2/c18-15-11-6-2-4-8-13(11)17(19-15)14-9-10-5-1-3-7-12(10)16-14/h1-9,16H. The molecular formula is C15H10N2O2. The summed E-state index contributed by atoms with van der Waals surface area (Å²) < 4.78 is 6.85. The topological polar surface area (TPSA) is 50.9 Å². The molecule has 92 valence electrons. The van der Waals surface area contributed by atoms with E-state index in [2.05, 4.69) is 4.98 Å². The number of para-hydroxylation sites is 2. The Labute approximate surface area is 107 Å². The van der Waals surface area contributed by atoms with Crippen LogP contribution >= 0.6 is 0 Å². The van der Waals surface area contributed by atoms with E-state index in [1.807, 2.05) is 48.5 Å². The van der Waals surface area contributed by atoms with Gasteiger partial charge in [0, 0.05) is 10.9 Å². The number of hydrogen-bond acceptors (Lipinski definition) is 2. The highest BCUT2D eigenvalue weighted by molar-refractivity contribution is 5.84. The molecule has 4 nitrogen and oxygen atoms in total. The monoisotopic (exact) mass is 250 g/mol. The Bertz CT molecular complexity index is 910. The number of aromatic nitrogens is 2. The number of rotatable bonds is 1. The van der Waals surface area contributed by atoms with Gasteiger partial charge in [-0.25, -0.2) is 4.79 Å². The van der Waals surface area contributed by atoms with Crippen LogP contribution in [0.5, 0.6) is 0 Å². The van der Waals surface area contributed by atoms with Gasteiger partial charge in [-0.3, -0.25) is 0 Å². The molecule has 0 aliphatic rings. The molecule has 0 radical (unpaired) electrons. The molecule has 2 heterocycles. The lowest BCUT2D eigenvalue weighted by molar-refractivity contribution is 0.330. The predicted molar refractivity (Wildman–Crippen MR) is 73.7 cm³/mol. The van der Waals surface area contributed by atoms with Crippen LogP contribution in [0, 0.1) is 0 Å². The van der Waals surface area contributed by atoms with Crippen molar-refractivity contribution >= 4 is 21.8 Å². The smallest absolute Gasteiger partial charge is 0.339 e. The molecule has 4 heteroatoms. The highest BCUT2D eigenvalue weighted by atomic mass is 16.5. The van der Waals surface area contributed by atoms with Crippen LogP contribution in [0.4, 0.5) is 0 Å². The molecule has 0 spiro atoms. The van der Waals surface area contributed by atoms with Gasteiger partial charge in [-0.1, -0.05) is 30.3 Å². The third-order valence-corrected chi connectivity index (χ3v) is 3.25. The molecule has 0 aliphatic heterocycles. The first-order valence-corrected chi connectivity index (χ1v) is 6.02. The largest absolute Gasteiger partial charge is 0.365 e. The molecule has 4 rings (SSSR count). The van der Waals surface area contributed by atoms with E-state index in [1.54, 1.807) is 6.07 Å². The highest BCUT2D eigenvalue weighted by Crippen LogP contribution is 2.21. The maximum absolute atomic E-state index is 11.8. The third-order valence-electron chi connectivity index (χ3n) is 3.25. The molecule has 2 aromatic carbocycles. The average molecular weight is 250 g/mol. The summed E-state index contributed by atoms with van der Waals surface area (Å²) in [5.41, 5.74) is 1.45. The summed E-state index contributed by atoms with van der Waals surface area (Å²) in [5.74, 6) is 0.750. The second-order valence-electron chi connectivity index (χ2n) is 4.43. The number of aromatic amines is 1. The molecule has 0 fully saturated rings. The molecule has 2 aromatic heterocycles. The fraction of sp³-hybridized carbons (Fsp3) is 0. The van der Waals surface area contributed by atoms with E-state index in [0.717, 1.165) is 22.2 Å². The Hall–Kier alpha value is -2.75. The lowest BCUT2D eigenvalue weighted by Crippen LogP contribution is -1.94. The SMILES string of the molecule is O=c1on(-c2cc3ccccc3[nH]2)c2ccccc12. The van der Waals surface area contributed by atoms with Crippen LogP contribution in [0.25, 0.3) is 27.6 Å². The van der Waals surface area contributed by atoms with E-state index < -0.39 is 0 Å². The van der Waals surface area contributed by atoms with E-state index in [-0.39, 0.29) is 5.63 Å². The number of H-pyrrole nitrogens is 1. The van der Waals surface area contributed by atoms with Crippen LogP contribution in [-0.4, -0.2) is 9.72 Å². The molecule has 0 saturated heterocycles. The summed E-state index contributed by atoms with van der Waals surface area (Å²) in [4.78, 5) is 15.0. The Morgan fingerprint density at radius 1 is 1.00 bits per heavy atom. The van der Waals surface area contributed by atoms with Crippen molar-refractivity contribution < 1.29 is 4.52 Å². The van der Waals surface area contributed by atoms with E-state index in [9.17, 15) is 4.79 Å². The number of nitrogens with zero attached hydrogens (tertiary/aromatic N) is 1. The van der Waals surface area contributed by atoms with Crippen LogP contribution in [0.2, 0.25) is 0 Å². The van der Waals surface area contributed by atoms with E-state index in [4.69, 9.17) is 4.52 Å². The van der Waals surface area contributed by atoms with Crippen molar-refractivity contribution in [3.63, 3.8) is 0 Å². The molecule has 19 heavy (non-hydrogen) atoms. The van der Waals surface area contributed by atoms with E-state index >= 15 is 0 Å². The molecule has 0 amide bonds. The van der Waals surface area contributed by atoms with Crippen LogP contribution in [0.15, 0.2) is 63.9 Å². The molecule has 0 aliphatic carbocycles. The van der Waals surface area contributed by atoms with E-state index in [1.165, 1.54) is 4.74 Å². The minimum atomic E-state index is -0.325. The van der Waals surface area contributed by atoms with Gasteiger partial charge < -0.3 is 9.51 Å². The molecule has 0 saturated carbocycles. The van der Waals surface area contributed by atoms with Crippen molar-refractivity contribution in [1.29, 1.82) is 0 Å². The zero-order chi connectivity index (χ0) is 12.8. The van der Waals surface area contributed by atoms with Crippen molar-refractivity contribution in [2.24, 2.45) is 0 Å². The first-order valence-electron chi connectivity index (χ1n) is 6.02. The van der Waals surface area contributed by atoms with Crippen molar-refractivity contribution in [2.75, 3.05) is 0 Å². The first-order chi connectivity index (χ1) is 9.33. The lowest BCUT2D eigenvalue weighted by atomic mass is 10.2. The Morgan fingerprint density at radius 3 is 2.68 bits per heavy atom. The van der Waals surface area contributed by atoms with Gasteiger partial charge in [0.05, 0.1) is 10.9 Å². The third kappa shape index (κ3) is 1.43. The summed E-state index contributed by atoms with van der Waals surface area (Å²) in [6.45, 7) is 0. The molecular weight excluding hydrogens is 240 g/mol. The van der Waals surface area contributed by atoms with E-state index in [0.29, 0.717) is 5.39 Å². The number of fused-ring (bicyclic) bond motifs is 2. The van der Waals surface area contributed by atoms with Gasteiger partial charge in [0.15, 0.2) is 0 Å². The van der Waals surface area contributed by atoms with Crippen molar-refractivity contribution in [3.05, 3.63) is 65.0 Å². The minimum absolute atomic E-state index is 0.325. The quantitative estimate of drug-likeness (QED) is 0.564. The van der Waals surface area contributed by atoms with Gasteiger partial charge >= 0.3 is 5.63 Å². The summed E-state index contributed by atoms with van der Waals surface area (Å²) in [7, 11) is 0. The summed E-state index contributed by atoms with van der Waals surface area (Å²) in [6.07, 6.45) is 0. The molecule has 4 aromatic rings. The van der Waals surface area contributed by atoms with Gasteiger partial charge in [-0.2, -0.15) is 4.74 Å². The van der Waals surface area contributed by atoms with Crippen LogP contribution < -0.4 is 5.63 Å². The summed E-state index contributed by atoms with van der Waals surface area (Å²) >= 11 is 0. The maximum atomic E-state index is 11.8. The number of nitrogens with one attached hydrogen (secondary N) is 1. The lowest BCUT2D eigenvalue weighted by Gasteiger charge is -1.97. The van der Waals surface area contributed by atoms with Crippen LogP contribution in [-0.2, 0) is 0 Å². The molecule has 0 unspecified atom stereocenters.